The molecule has 0 atom stereocenters. The molecule has 2 heterocycles. The summed E-state index contributed by atoms with van der Waals surface area (Å²) < 4.78 is 0. The van der Waals surface area contributed by atoms with Crippen molar-refractivity contribution in [1.29, 1.82) is 0 Å². The molecule has 17 heavy (non-hydrogen) atoms. The van der Waals surface area contributed by atoms with Gasteiger partial charge < -0.3 is 0 Å². The Balaban J connectivity index is 1.98. The first-order chi connectivity index (χ1) is 8.43. The van der Waals surface area contributed by atoms with Crippen LogP contribution in [0.15, 0.2) is 42.9 Å². The SMILES string of the molecule is C(=Cc1n[nH]c2cncnc12)c1ccccc1. The van der Waals surface area contributed by atoms with Crippen molar-refractivity contribution in [2.45, 2.75) is 0 Å². The zero-order valence-corrected chi connectivity index (χ0v) is 9.04. The molecule has 3 aromatic rings. The van der Waals surface area contributed by atoms with Gasteiger partial charge in [0.15, 0.2) is 0 Å². The number of benzene rings is 1. The van der Waals surface area contributed by atoms with Crippen molar-refractivity contribution >= 4 is 23.2 Å². The topological polar surface area (TPSA) is 54.5 Å². The second-order valence-corrected chi connectivity index (χ2v) is 3.64. The Morgan fingerprint density at radius 2 is 1.94 bits per heavy atom. The summed E-state index contributed by atoms with van der Waals surface area (Å²) in [6.45, 7) is 0. The Kier molecular flexibility index (Phi) is 2.38. The van der Waals surface area contributed by atoms with Crippen LogP contribution in [-0.2, 0) is 0 Å². The van der Waals surface area contributed by atoms with Crippen LogP contribution in [0.3, 0.4) is 0 Å². The summed E-state index contributed by atoms with van der Waals surface area (Å²) in [6.07, 6.45) is 7.20. The van der Waals surface area contributed by atoms with E-state index < -0.39 is 0 Å². The highest BCUT2D eigenvalue weighted by atomic mass is 15.1. The normalized spacial score (nSPS) is 11.3. The molecule has 0 bridgehead atoms. The van der Waals surface area contributed by atoms with Crippen molar-refractivity contribution in [2.24, 2.45) is 0 Å². The first kappa shape index (κ1) is 9.72. The third-order valence-corrected chi connectivity index (χ3v) is 2.48. The standard InChI is InChI=1S/C13H10N4/c1-2-4-10(5-3-1)6-7-11-13-12(17-16-11)8-14-9-15-13/h1-9H,(H,16,17). The molecule has 1 aromatic carbocycles. The van der Waals surface area contributed by atoms with Crippen LogP contribution in [-0.4, -0.2) is 20.2 Å². The Hall–Kier alpha value is -2.49. The summed E-state index contributed by atoms with van der Waals surface area (Å²) in [5.74, 6) is 0. The molecule has 0 spiro atoms. The predicted octanol–water partition coefficient (Wildman–Crippen LogP) is 2.52. The van der Waals surface area contributed by atoms with Crippen LogP contribution in [0.1, 0.15) is 11.3 Å². The van der Waals surface area contributed by atoms with Gasteiger partial charge in [0.2, 0.25) is 0 Å². The van der Waals surface area contributed by atoms with Gasteiger partial charge in [-0.2, -0.15) is 5.10 Å². The van der Waals surface area contributed by atoms with E-state index in [0.717, 1.165) is 22.3 Å². The number of fused-ring (bicyclic) bond motifs is 1. The fraction of sp³-hybridized carbons (Fsp3) is 0. The van der Waals surface area contributed by atoms with Gasteiger partial charge in [-0.25, -0.2) is 9.97 Å². The number of aromatic nitrogens is 4. The third kappa shape index (κ3) is 1.92. The molecule has 4 nitrogen and oxygen atoms in total. The second kappa shape index (κ2) is 4.17. The molecule has 0 aliphatic carbocycles. The van der Waals surface area contributed by atoms with E-state index in [1.807, 2.05) is 42.5 Å². The number of rotatable bonds is 2. The highest BCUT2D eigenvalue weighted by Gasteiger charge is 2.02. The molecule has 82 valence electrons. The summed E-state index contributed by atoms with van der Waals surface area (Å²) in [5, 5.41) is 7.09. The Morgan fingerprint density at radius 1 is 1.06 bits per heavy atom. The van der Waals surface area contributed by atoms with Gasteiger partial charge in [-0.3, -0.25) is 5.10 Å². The Bertz CT molecular complexity index is 655. The zero-order valence-electron chi connectivity index (χ0n) is 9.04. The molecule has 4 heteroatoms. The Morgan fingerprint density at radius 3 is 2.82 bits per heavy atom. The van der Waals surface area contributed by atoms with Gasteiger partial charge in [-0.15, -0.1) is 0 Å². The minimum absolute atomic E-state index is 0.825. The minimum atomic E-state index is 0.825. The average molecular weight is 222 g/mol. The summed E-state index contributed by atoms with van der Waals surface area (Å²) in [4.78, 5) is 8.14. The Labute approximate surface area is 98.0 Å². The largest absolute Gasteiger partial charge is 0.274 e. The molecular weight excluding hydrogens is 212 g/mol. The predicted molar refractivity (Wildman–Crippen MR) is 67.1 cm³/mol. The van der Waals surface area contributed by atoms with Gasteiger partial charge >= 0.3 is 0 Å². The lowest BCUT2D eigenvalue weighted by molar-refractivity contribution is 1.10. The summed E-state index contributed by atoms with van der Waals surface area (Å²) >= 11 is 0. The highest BCUT2D eigenvalue weighted by Crippen LogP contribution is 2.14. The van der Waals surface area contributed by atoms with Crippen LogP contribution in [0.5, 0.6) is 0 Å². The lowest BCUT2D eigenvalue weighted by atomic mass is 10.2. The number of aromatic amines is 1. The van der Waals surface area contributed by atoms with Crippen LogP contribution in [0.25, 0.3) is 23.2 Å². The number of hydrogen-bond donors (Lipinski definition) is 1. The molecule has 0 amide bonds. The fourth-order valence-electron chi connectivity index (χ4n) is 1.64. The van der Waals surface area contributed by atoms with Gasteiger partial charge in [-0.1, -0.05) is 36.4 Å². The van der Waals surface area contributed by atoms with E-state index in [9.17, 15) is 0 Å². The average Bonchev–Trinajstić information content (AvgIpc) is 2.81. The quantitative estimate of drug-likeness (QED) is 0.724. The number of hydrogen-bond acceptors (Lipinski definition) is 3. The van der Waals surface area contributed by atoms with Gasteiger partial charge in [0.1, 0.15) is 23.1 Å². The van der Waals surface area contributed by atoms with Crippen LogP contribution in [0.2, 0.25) is 0 Å². The lowest BCUT2D eigenvalue weighted by Gasteiger charge is -1.90. The van der Waals surface area contributed by atoms with E-state index in [0.29, 0.717) is 0 Å². The summed E-state index contributed by atoms with van der Waals surface area (Å²) in [5.41, 5.74) is 3.65. The van der Waals surface area contributed by atoms with E-state index in [2.05, 4.69) is 20.2 Å². The minimum Gasteiger partial charge on any atom is -0.274 e. The molecule has 0 radical (unpaired) electrons. The fourth-order valence-corrected chi connectivity index (χ4v) is 1.64. The maximum atomic E-state index is 4.20. The smallest absolute Gasteiger partial charge is 0.119 e. The number of H-pyrrole nitrogens is 1. The molecule has 0 saturated carbocycles. The molecule has 0 unspecified atom stereocenters. The third-order valence-electron chi connectivity index (χ3n) is 2.48. The van der Waals surface area contributed by atoms with Crippen molar-refractivity contribution in [3.05, 3.63) is 54.1 Å². The lowest BCUT2D eigenvalue weighted by Crippen LogP contribution is -1.78. The first-order valence-electron chi connectivity index (χ1n) is 5.31. The van der Waals surface area contributed by atoms with Crippen molar-refractivity contribution in [3.63, 3.8) is 0 Å². The van der Waals surface area contributed by atoms with Crippen molar-refractivity contribution < 1.29 is 0 Å². The second-order valence-electron chi connectivity index (χ2n) is 3.64. The van der Waals surface area contributed by atoms with Crippen molar-refractivity contribution in [2.75, 3.05) is 0 Å². The molecule has 0 aliphatic heterocycles. The van der Waals surface area contributed by atoms with Crippen LogP contribution < -0.4 is 0 Å². The van der Waals surface area contributed by atoms with Crippen molar-refractivity contribution in [1.82, 2.24) is 20.2 Å². The molecule has 0 saturated heterocycles. The molecule has 0 aliphatic rings. The van der Waals surface area contributed by atoms with Gasteiger partial charge in [0, 0.05) is 0 Å². The molecule has 3 rings (SSSR count). The van der Waals surface area contributed by atoms with Gasteiger partial charge in [-0.05, 0) is 11.6 Å². The number of nitrogens with zero attached hydrogens (tertiary/aromatic N) is 3. The first-order valence-corrected chi connectivity index (χ1v) is 5.31. The molecular formula is C13H10N4. The molecule has 1 N–H and O–H groups in total. The van der Waals surface area contributed by atoms with E-state index in [4.69, 9.17) is 0 Å². The summed E-state index contributed by atoms with van der Waals surface area (Å²) in [6, 6.07) is 10.1. The maximum Gasteiger partial charge on any atom is 0.119 e. The molecule has 0 fully saturated rings. The van der Waals surface area contributed by atoms with Crippen LogP contribution in [0.4, 0.5) is 0 Å². The summed E-state index contributed by atoms with van der Waals surface area (Å²) in [7, 11) is 0. The van der Waals surface area contributed by atoms with Crippen LogP contribution in [0, 0.1) is 0 Å². The van der Waals surface area contributed by atoms with Crippen LogP contribution >= 0.6 is 0 Å². The van der Waals surface area contributed by atoms with Gasteiger partial charge in [0.25, 0.3) is 0 Å². The highest BCUT2D eigenvalue weighted by molar-refractivity contribution is 5.85. The zero-order chi connectivity index (χ0) is 11.5. The van der Waals surface area contributed by atoms with E-state index >= 15 is 0 Å². The monoisotopic (exact) mass is 222 g/mol. The van der Waals surface area contributed by atoms with Gasteiger partial charge in [0.05, 0.1) is 6.20 Å². The molecule has 2 aromatic heterocycles. The van der Waals surface area contributed by atoms with E-state index in [1.165, 1.54) is 6.33 Å². The maximum absolute atomic E-state index is 4.20. The van der Waals surface area contributed by atoms with E-state index in [1.54, 1.807) is 6.20 Å². The van der Waals surface area contributed by atoms with Crippen molar-refractivity contribution in [3.8, 4) is 0 Å². The van der Waals surface area contributed by atoms with E-state index in [-0.39, 0.29) is 0 Å². The number of nitrogens with one attached hydrogen (secondary N) is 1.